The Morgan fingerprint density at radius 1 is 1.15 bits per heavy atom. The Bertz CT molecular complexity index is 971. The van der Waals surface area contributed by atoms with Gasteiger partial charge in [-0.2, -0.15) is 9.40 Å². The molecule has 0 bridgehead atoms. The molecule has 26 heavy (non-hydrogen) atoms. The summed E-state index contributed by atoms with van der Waals surface area (Å²) in [5.41, 5.74) is 1.60. The minimum absolute atomic E-state index is 0.109. The summed E-state index contributed by atoms with van der Waals surface area (Å²) in [5, 5.41) is 9.22. The average Bonchev–Trinajstić information content (AvgIpc) is 3.15. The molecule has 8 nitrogen and oxygen atoms in total. The van der Waals surface area contributed by atoms with Crippen molar-refractivity contribution in [2.24, 2.45) is 0 Å². The molecule has 0 aliphatic carbocycles. The number of aromatic amines is 1. The van der Waals surface area contributed by atoms with Gasteiger partial charge < -0.3 is 5.32 Å². The maximum Gasteiger partial charge on any atom is 0.255 e. The number of nitrogens with zero attached hydrogens (tertiary/aromatic N) is 3. The van der Waals surface area contributed by atoms with Crippen molar-refractivity contribution < 1.29 is 13.2 Å². The second-order valence-corrected chi connectivity index (χ2v) is 7.61. The smallest absolute Gasteiger partial charge is 0.255 e. The lowest BCUT2D eigenvalue weighted by molar-refractivity contribution is 0.102. The Morgan fingerprint density at radius 3 is 2.54 bits per heavy atom. The minimum atomic E-state index is -3.67. The Morgan fingerprint density at radius 2 is 1.92 bits per heavy atom. The Labute approximate surface area is 150 Å². The maximum absolute atomic E-state index is 12.6. The number of benzene rings is 1. The van der Waals surface area contributed by atoms with E-state index in [4.69, 9.17) is 0 Å². The van der Waals surface area contributed by atoms with E-state index in [0.717, 1.165) is 0 Å². The summed E-state index contributed by atoms with van der Waals surface area (Å²) < 4.78 is 26.4. The fourth-order valence-electron chi connectivity index (χ4n) is 2.30. The molecule has 1 aromatic carbocycles. The largest absolute Gasteiger partial charge is 0.321 e. The van der Waals surface area contributed by atoms with Crippen LogP contribution in [0.15, 0.2) is 66.0 Å². The van der Waals surface area contributed by atoms with Crippen LogP contribution in [-0.2, 0) is 16.6 Å². The van der Waals surface area contributed by atoms with E-state index >= 15 is 0 Å². The molecule has 0 aliphatic rings. The van der Waals surface area contributed by atoms with Gasteiger partial charge in [0, 0.05) is 25.0 Å². The molecule has 0 spiro atoms. The summed E-state index contributed by atoms with van der Waals surface area (Å²) in [5.74, 6) is -0.340. The number of carbonyl (C=O) groups is 1. The molecule has 3 rings (SSSR count). The lowest BCUT2D eigenvalue weighted by Crippen LogP contribution is -2.26. The van der Waals surface area contributed by atoms with Crippen LogP contribution in [0.3, 0.4) is 0 Å². The highest BCUT2D eigenvalue weighted by Crippen LogP contribution is 2.17. The zero-order valence-electron chi connectivity index (χ0n) is 14.0. The number of pyridine rings is 1. The predicted molar refractivity (Wildman–Crippen MR) is 95.9 cm³/mol. The van der Waals surface area contributed by atoms with Gasteiger partial charge in [-0.1, -0.05) is 0 Å². The summed E-state index contributed by atoms with van der Waals surface area (Å²) in [6.07, 6.45) is 4.70. The van der Waals surface area contributed by atoms with Crippen LogP contribution < -0.4 is 5.32 Å². The van der Waals surface area contributed by atoms with Crippen molar-refractivity contribution in [2.45, 2.75) is 11.4 Å². The third-order valence-corrected chi connectivity index (χ3v) is 5.51. The van der Waals surface area contributed by atoms with Gasteiger partial charge in [0.2, 0.25) is 10.0 Å². The Hall–Kier alpha value is -3.04. The van der Waals surface area contributed by atoms with Crippen LogP contribution in [0.4, 0.5) is 5.69 Å². The highest BCUT2D eigenvalue weighted by Gasteiger charge is 2.21. The van der Waals surface area contributed by atoms with Gasteiger partial charge in [-0.3, -0.25) is 14.9 Å². The second kappa shape index (κ2) is 7.46. The van der Waals surface area contributed by atoms with Crippen LogP contribution in [0.5, 0.6) is 0 Å². The van der Waals surface area contributed by atoms with Crippen LogP contribution in [0.1, 0.15) is 16.1 Å². The molecule has 2 heterocycles. The van der Waals surface area contributed by atoms with Crippen molar-refractivity contribution in [3.8, 4) is 0 Å². The van der Waals surface area contributed by atoms with Crippen LogP contribution in [0.25, 0.3) is 0 Å². The second-order valence-electron chi connectivity index (χ2n) is 5.56. The molecule has 0 fully saturated rings. The van der Waals surface area contributed by atoms with Crippen molar-refractivity contribution in [2.75, 3.05) is 12.4 Å². The summed E-state index contributed by atoms with van der Waals surface area (Å²) in [4.78, 5) is 16.2. The number of H-pyrrole nitrogens is 1. The molecular weight excluding hydrogens is 354 g/mol. The van der Waals surface area contributed by atoms with Crippen molar-refractivity contribution in [3.05, 3.63) is 72.3 Å². The summed E-state index contributed by atoms with van der Waals surface area (Å²) in [6.45, 7) is 0.172. The molecule has 9 heteroatoms. The van der Waals surface area contributed by atoms with Crippen molar-refractivity contribution >= 4 is 21.6 Å². The van der Waals surface area contributed by atoms with Crippen LogP contribution in [-0.4, -0.2) is 40.9 Å². The first-order valence-electron chi connectivity index (χ1n) is 7.73. The molecule has 1 amide bonds. The minimum Gasteiger partial charge on any atom is -0.321 e. The van der Waals surface area contributed by atoms with Crippen molar-refractivity contribution in [1.82, 2.24) is 19.5 Å². The maximum atomic E-state index is 12.6. The lowest BCUT2D eigenvalue weighted by atomic mass is 10.2. The highest BCUT2D eigenvalue weighted by atomic mass is 32.2. The summed E-state index contributed by atoms with van der Waals surface area (Å²) in [7, 11) is -2.19. The number of nitrogens with one attached hydrogen (secondary N) is 2. The van der Waals surface area contributed by atoms with Gasteiger partial charge in [0.1, 0.15) is 0 Å². The van der Waals surface area contributed by atoms with E-state index in [9.17, 15) is 13.2 Å². The number of sulfonamides is 1. The van der Waals surface area contributed by atoms with E-state index < -0.39 is 10.0 Å². The molecule has 2 N–H and O–H groups in total. The molecule has 0 unspecified atom stereocenters. The number of hydrogen-bond acceptors (Lipinski definition) is 5. The topological polar surface area (TPSA) is 108 Å². The van der Waals surface area contributed by atoms with E-state index in [1.807, 2.05) is 0 Å². The predicted octanol–water partition coefficient (Wildman–Crippen LogP) is 1.88. The van der Waals surface area contributed by atoms with Crippen molar-refractivity contribution in [1.29, 1.82) is 0 Å². The normalized spacial score (nSPS) is 11.5. The van der Waals surface area contributed by atoms with Gasteiger partial charge in [-0.25, -0.2) is 8.42 Å². The van der Waals surface area contributed by atoms with E-state index in [0.29, 0.717) is 16.9 Å². The van der Waals surface area contributed by atoms with Gasteiger partial charge in [-0.05, 0) is 42.5 Å². The Kier molecular flexibility index (Phi) is 5.10. The number of amides is 1. The lowest BCUT2D eigenvalue weighted by Gasteiger charge is -2.16. The standard InChI is InChI=1S/C17H17N5O3S/c1-22(12-15-8-10-19-21-15)26(24,25)16-6-4-13(5-7-16)17(23)20-14-3-2-9-18-11-14/h2-11H,12H2,1H3,(H,19,21)(H,20,23). The van der Waals surface area contributed by atoms with Crippen LogP contribution in [0, 0.1) is 0 Å². The van der Waals surface area contributed by atoms with Crippen LogP contribution in [0.2, 0.25) is 0 Å². The summed E-state index contributed by atoms with van der Waals surface area (Å²) >= 11 is 0. The number of rotatable bonds is 6. The van der Waals surface area contributed by atoms with Crippen LogP contribution >= 0.6 is 0 Å². The molecule has 134 valence electrons. The first-order valence-corrected chi connectivity index (χ1v) is 9.17. The average molecular weight is 371 g/mol. The fraction of sp³-hybridized carbons (Fsp3) is 0.118. The number of hydrogen-bond donors (Lipinski definition) is 2. The molecule has 0 saturated heterocycles. The van der Waals surface area contributed by atoms with Crippen molar-refractivity contribution in [3.63, 3.8) is 0 Å². The van der Waals surface area contributed by atoms with E-state index in [1.165, 1.54) is 41.8 Å². The molecule has 3 aromatic rings. The monoisotopic (exact) mass is 371 g/mol. The molecule has 0 saturated carbocycles. The Balaban J connectivity index is 1.72. The fourth-order valence-corrected chi connectivity index (χ4v) is 3.44. The molecule has 0 radical (unpaired) electrons. The first-order chi connectivity index (χ1) is 12.5. The van der Waals surface area contributed by atoms with Gasteiger partial charge in [-0.15, -0.1) is 0 Å². The third kappa shape index (κ3) is 3.95. The van der Waals surface area contributed by atoms with Gasteiger partial charge in [0.25, 0.3) is 5.91 Å². The summed E-state index contributed by atoms with van der Waals surface area (Å²) in [6, 6.07) is 10.9. The zero-order chi connectivity index (χ0) is 18.6. The highest BCUT2D eigenvalue weighted by molar-refractivity contribution is 7.89. The quantitative estimate of drug-likeness (QED) is 0.688. The van der Waals surface area contributed by atoms with E-state index in [2.05, 4.69) is 20.5 Å². The first kappa shape index (κ1) is 17.8. The third-order valence-electron chi connectivity index (χ3n) is 3.70. The molecule has 2 aromatic heterocycles. The van der Waals surface area contributed by atoms with Gasteiger partial charge in [0.05, 0.1) is 29.0 Å². The number of aromatic nitrogens is 3. The molecule has 0 aliphatic heterocycles. The van der Waals surface area contributed by atoms with Gasteiger partial charge in [0.15, 0.2) is 0 Å². The van der Waals surface area contributed by atoms with E-state index in [-0.39, 0.29) is 17.3 Å². The van der Waals surface area contributed by atoms with E-state index in [1.54, 1.807) is 30.6 Å². The molecule has 0 atom stereocenters. The zero-order valence-corrected chi connectivity index (χ0v) is 14.8. The number of anilines is 1. The molecular formula is C17H17N5O3S. The number of carbonyl (C=O) groups excluding carboxylic acids is 1. The van der Waals surface area contributed by atoms with Gasteiger partial charge >= 0.3 is 0 Å². The SMILES string of the molecule is CN(Cc1ccn[nH]1)S(=O)(=O)c1ccc(C(=O)Nc2cccnc2)cc1.